The van der Waals surface area contributed by atoms with E-state index in [1.54, 1.807) is 11.8 Å². The van der Waals surface area contributed by atoms with Crippen molar-refractivity contribution in [2.75, 3.05) is 18.8 Å². The molecule has 1 heterocycles. The molecule has 7 heteroatoms. The average molecular weight is 279 g/mol. The number of piperidine rings is 1. The maximum atomic E-state index is 12.3. The Bertz CT molecular complexity index is 547. The second-order valence-electron chi connectivity index (χ2n) is 5.28. The number of benzene rings is 1. The molecule has 0 radical (unpaired) electrons. The van der Waals surface area contributed by atoms with Crippen LogP contribution in [0, 0.1) is 10.1 Å². The molecule has 1 saturated heterocycles. The Morgan fingerprint density at radius 3 is 2.60 bits per heavy atom. The van der Waals surface area contributed by atoms with E-state index in [4.69, 9.17) is 5.73 Å². The summed E-state index contributed by atoms with van der Waals surface area (Å²) < 4.78 is 0. The highest BCUT2D eigenvalue weighted by molar-refractivity contribution is 6.01. The third-order valence-corrected chi connectivity index (χ3v) is 3.64. The number of nitro groups is 1. The predicted molar refractivity (Wildman–Crippen MR) is 73.3 cm³/mol. The van der Waals surface area contributed by atoms with Crippen LogP contribution in [0.2, 0.25) is 0 Å². The lowest BCUT2D eigenvalue weighted by molar-refractivity contribution is -0.383. The van der Waals surface area contributed by atoms with Crippen molar-refractivity contribution in [1.82, 2.24) is 4.90 Å². The molecule has 0 atom stereocenters. The van der Waals surface area contributed by atoms with Gasteiger partial charge in [-0.05, 0) is 25.8 Å². The Morgan fingerprint density at radius 2 is 2.05 bits per heavy atom. The molecule has 0 bridgehead atoms. The summed E-state index contributed by atoms with van der Waals surface area (Å²) in [6, 6.07) is 4.20. The number of likely N-dealkylation sites (tertiary alicyclic amines) is 1. The summed E-state index contributed by atoms with van der Waals surface area (Å²) in [7, 11) is 0. The van der Waals surface area contributed by atoms with E-state index in [2.05, 4.69) is 0 Å². The molecule has 1 aliphatic rings. The molecule has 0 unspecified atom stereocenters. The summed E-state index contributed by atoms with van der Waals surface area (Å²) >= 11 is 0. The highest BCUT2D eigenvalue weighted by Crippen LogP contribution is 2.28. The van der Waals surface area contributed by atoms with E-state index in [9.17, 15) is 20.0 Å². The number of amides is 1. The molecular weight excluding hydrogens is 262 g/mol. The minimum absolute atomic E-state index is 0.111. The van der Waals surface area contributed by atoms with Gasteiger partial charge in [0.25, 0.3) is 11.6 Å². The number of nitrogens with two attached hydrogens (primary N) is 1. The molecular formula is C13H17N3O4. The fourth-order valence-corrected chi connectivity index (χ4v) is 2.26. The van der Waals surface area contributed by atoms with E-state index in [1.165, 1.54) is 18.2 Å². The molecule has 1 fully saturated rings. The molecule has 0 spiro atoms. The van der Waals surface area contributed by atoms with Crippen molar-refractivity contribution >= 4 is 17.3 Å². The van der Waals surface area contributed by atoms with Crippen molar-refractivity contribution in [3.63, 3.8) is 0 Å². The van der Waals surface area contributed by atoms with Gasteiger partial charge in [-0.15, -0.1) is 0 Å². The van der Waals surface area contributed by atoms with Crippen LogP contribution in [0.25, 0.3) is 0 Å². The maximum Gasteiger partial charge on any atom is 0.292 e. The van der Waals surface area contributed by atoms with E-state index in [1.807, 2.05) is 0 Å². The molecule has 1 aromatic rings. The summed E-state index contributed by atoms with van der Waals surface area (Å²) in [4.78, 5) is 24.1. The molecule has 3 N–H and O–H groups in total. The van der Waals surface area contributed by atoms with Crippen molar-refractivity contribution in [3.8, 4) is 0 Å². The van der Waals surface area contributed by atoms with Crippen molar-refractivity contribution in [2.45, 2.75) is 25.4 Å². The van der Waals surface area contributed by atoms with Crippen LogP contribution < -0.4 is 5.73 Å². The first-order valence-corrected chi connectivity index (χ1v) is 6.36. The topological polar surface area (TPSA) is 110 Å². The highest BCUT2D eigenvalue weighted by atomic mass is 16.6. The van der Waals surface area contributed by atoms with E-state index in [0.29, 0.717) is 25.9 Å². The maximum absolute atomic E-state index is 12.3. The minimum Gasteiger partial charge on any atom is -0.393 e. The van der Waals surface area contributed by atoms with Gasteiger partial charge in [-0.25, -0.2) is 0 Å². The Balaban J connectivity index is 2.22. The lowest BCUT2D eigenvalue weighted by Crippen LogP contribution is -2.45. The van der Waals surface area contributed by atoms with Gasteiger partial charge in [-0.3, -0.25) is 14.9 Å². The average Bonchev–Trinajstić information content (AvgIpc) is 2.38. The first kappa shape index (κ1) is 14.3. The third-order valence-electron chi connectivity index (χ3n) is 3.64. The molecule has 1 aliphatic heterocycles. The standard InChI is InChI=1S/C13H17N3O4/c1-13(18)5-7-15(8-6-13)12(17)9-3-2-4-10(11(9)14)16(19)20/h2-4,18H,5-8,14H2,1H3. The van der Waals surface area contributed by atoms with Crippen LogP contribution >= 0.6 is 0 Å². The number of para-hydroxylation sites is 1. The van der Waals surface area contributed by atoms with Gasteiger partial charge in [0.15, 0.2) is 0 Å². The zero-order valence-corrected chi connectivity index (χ0v) is 11.2. The number of hydrogen-bond donors (Lipinski definition) is 2. The minimum atomic E-state index is -0.759. The number of rotatable bonds is 2. The first-order chi connectivity index (χ1) is 9.32. The molecule has 2 rings (SSSR count). The summed E-state index contributed by atoms with van der Waals surface area (Å²) in [6.45, 7) is 2.55. The Hall–Kier alpha value is -2.15. The number of nitrogen functional groups attached to an aromatic ring is 1. The van der Waals surface area contributed by atoms with E-state index in [-0.39, 0.29) is 22.8 Å². The first-order valence-electron chi connectivity index (χ1n) is 6.36. The van der Waals surface area contributed by atoms with Gasteiger partial charge >= 0.3 is 0 Å². The molecule has 108 valence electrons. The van der Waals surface area contributed by atoms with Crippen LogP contribution in [0.15, 0.2) is 18.2 Å². The van der Waals surface area contributed by atoms with Gasteiger partial charge in [-0.2, -0.15) is 0 Å². The van der Waals surface area contributed by atoms with Crippen molar-refractivity contribution < 1.29 is 14.8 Å². The van der Waals surface area contributed by atoms with Crippen molar-refractivity contribution in [2.24, 2.45) is 0 Å². The van der Waals surface area contributed by atoms with E-state index < -0.39 is 10.5 Å². The molecule has 0 aliphatic carbocycles. The van der Waals surface area contributed by atoms with Gasteiger partial charge in [-0.1, -0.05) is 6.07 Å². The number of nitro benzene ring substituents is 1. The van der Waals surface area contributed by atoms with Gasteiger partial charge in [0, 0.05) is 19.2 Å². The zero-order valence-electron chi connectivity index (χ0n) is 11.2. The van der Waals surface area contributed by atoms with Crippen LogP contribution in [0.4, 0.5) is 11.4 Å². The Kier molecular flexibility index (Phi) is 3.63. The fourth-order valence-electron chi connectivity index (χ4n) is 2.26. The fraction of sp³-hybridized carbons (Fsp3) is 0.462. The van der Waals surface area contributed by atoms with E-state index in [0.717, 1.165) is 0 Å². The second kappa shape index (κ2) is 5.09. The summed E-state index contributed by atoms with van der Waals surface area (Å²) in [6.07, 6.45) is 0.959. The Labute approximate surface area is 116 Å². The van der Waals surface area contributed by atoms with E-state index >= 15 is 0 Å². The quantitative estimate of drug-likeness (QED) is 0.479. The molecule has 7 nitrogen and oxygen atoms in total. The lowest BCUT2D eigenvalue weighted by Gasteiger charge is -2.35. The normalized spacial score (nSPS) is 17.8. The number of carbonyl (C=O) groups is 1. The second-order valence-corrected chi connectivity index (χ2v) is 5.28. The Morgan fingerprint density at radius 1 is 1.45 bits per heavy atom. The monoisotopic (exact) mass is 279 g/mol. The number of carbonyl (C=O) groups excluding carboxylic acids is 1. The smallest absolute Gasteiger partial charge is 0.292 e. The molecule has 1 aromatic carbocycles. The number of aliphatic hydroxyl groups is 1. The molecule has 0 aromatic heterocycles. The van der Waals surface area contributed by atoms with Gasteiger partial charge < -0.3 is 15.7 Å². The van der Waals surface area contributed by atoms with Crippen LogP contribution in [0.3, 0.4) is 0 Å². The van der Waals surface area contributed by atoms with Gasteiger partial charge in [0.2, 0.25) is 0 Å². The molecule has 0 saturated carbocycles. The lowest BCUT2D eigenvalue weighted by atomic mass is 9.93. The van der Waals surface area contributed by atoms with Crippen LogP contribution in [-0.2, 0) is 0 Å². The van der Waals surface area contributed by atoms with Gasteiger partial charge in [0.05, 0.1) is 16.1 Å². The number of hydrogen-bond acceptors (Lipinski definition) is 5. The van der Waals surface area contributed by atoms with Crippen LogP contribution in [0.5, 0.6) is 0 Å². The summed E-state index contributed by atoms with van der Waals surface area (Å²) in [5.74, 6) is -0.332. The number of anilines is 1. The molecule has 20 heavy (non-hydrogen) atoms. The van der Waals surface area contributed by atoms with Gasteiger partial charge in [0.1, 0.15) is 5.69 Å². The summed E-state index contributed by atoms with van der Waals surface area (Å²) in [5, 5.41) is 20.7. The number of nitrogens with zero attached hydrogens (tertiary/aromatic N) is 2. The molecule has 1 amide bonds. The third kappa shape index (κ3) is 2.72. The largest absolute Gasteiger partial charge is 0.393 e. The summed E-state index contributed by atoms with van der Waals surface area (Å²) in [5.41, 5.74) is 4.71. The van der Waals surface area contributed by atoms with Crippen molar-refractivity contribution in [1.29, 1.82) is 0 Å². The SMILES string of the molecule is CC1(O)CCN(C(=O)c2cccc([N+](=O)[O-])c2N)CC1. The zero-order chi connectivity index (χ0) is 14.9. The van der Waals surface area contributed by atoms with Crippen LogP contribution in [-0.4, -0.2) is 39.5 Å². The predicted octanol–water partition coefficient (Wildman–Crippen LogP) is 1.16. The van der Waals surface area contributed by atoms with Crippen molar-refractivity contribution in [3.05, 3.63) is 33.9 Å². The van der Waals surface area contributed by atoms with Crippen LogP contribution in [0.1, 0.15) is 30.1 Å². The highest BCUT2D eigenvalue weighted by Gasteiger charge is 2.31.